The minimum atomic E-state index is -1.70. The topological polar surface area (TPSA) is 143 Å². The molecular formula is C23H23N7O4. The van der Waals surface area contributed by atoms with Crippen LogP contribution in [0.1, 0.15) is 36.6 Å². The third-order valence-electron chi connectivity index (χ3n) is 5.79. The van der Waals surface area contributed by atoms with Gasteiger partial charge in [-0.3, -0.25) is 4.79 Å². The standard InChI is InChI=1S/C23H23N7O4/c1-13-11-18(28-33-13)14(2)25-22-24-9-7-17(27-22)15-5-4-6-16(26-15)19-12-20(34-29-19)23(32)8-10-30(3)21(23)31/h4-7,9,11-12,14,32H,8,10H2,1-3H3,(H,24,25,27)/t14-,23-/m1/s1. The Morgan fingerprint density at radius 1 is 1.09 bits per heavy atom. The minimum Gasteiger partial charge on any atom is -0.373 e. The number of rotatable bonds is 6. The summed E-state index contributed by atoms with van der Waals surface area (Å²) in [7, 11) is 1.64. The maximum Gasteiger partial charge on any atom is 0.262 e. The zero-order chi connectivity index (χ0) is 23.9. The number of pyridine rings is 1. The Morgan fingerprint density at radius 2 is 1.85 bits per heavy atom. The Balaban J connectivity index is 1.38. The van der Waals surface area contributed by atoms with Crippen LogP contribution in [-0.2, 0) is 10.4 Å². The van der Waals surface area contributed by atoms with Crippen molar-refractivity contribution in [2.75, 3.05) is 18.9 Å². The summed E-state index contributed by atoms with van der Waals surface area (Å²) in [5, 5.41) is 22.1. The van der Waals surface area contributed by atoms with Gasteiger partial charge in [-0.05, 0) is 32.0 Å². The van der Waals surface area contributed by atoms with E-state index in [1.807, 2.05) is 32.0 Å². The second-order valence-corrected chi connectivity index (χ2v) is 8.32. The van der Waals surface area contributed by atoms with Crippen LogP contribution in [0.2, 0.25) is 0 Å². The molecule has 0 spiro atoms. The van der Waals surface area contributed by atoms with Gasteiger partial charge in [0.2, 0.25) is 11.5 Å². The van der Waals surface area contributed by atoms with Gasteiger partial charge in [0.15, 0.2) is 5.76 Å². The molecule has 0 unspecified atom stereocenters. The first-order valence-electron chi connectivity index (χ1n) is 10.8. The minimum absolute atomic E-state index is 0.106. The molecule has 0 aliphatic carbocycles. The van der Waals surface area contributed by atoms with Gasteiger partial charge in [-0.15, -0.1) is 0 Å². The molecule has 1 aliphatic rings. The molecule has 1 fully saturated rings. The summed E-state index contributed by atoms with van der Waals surface area (Å²) in [6, 6.07) is 10.4. The quantitative estimate of drug-likeness (QED) is 0.440. The predicted molar refractivity (Wildman–Crippen MR) is 120 cm³/mol. The number of nitrogens with zero attached hydrogens (tertiary/aromatic N) is 6. The van der Waals surface area contributed by atoms with Gasteiger partial charge in [0.25, 0.3) is 5.91 Å². The zero-order valence-electron chi connectivity index (χ0n) is 18.9. The van der Waals surface area contributed by atoms with E-state index in [0.29, 0.717) is 35.3 Å². The van der Waals surface area contributed by atoms with Crippen molar-refractivity contribution in [3.63, 3.8) is 0 Å². The van der Waals surface area contributed by atoms with Crippen molar-refractivity contribution < 1.29 is 18.9 Å². The van der Waals surface area contributed by atoms with E-state index in [1.165, 1.54) is 4.90 Å². The molecule has 0 saturated carbocycles. The molecule has 5 rings (SSSR count). The fraction of sp³-hybridized carbons (Fsp3) is 0.304. The molecule has 1 aliphatic heterocycles. The van der Waals surface area contributed by atoms with Gasteiger partial charge in [-0.2, -0.15) is 0 Å². The summed E-state index contributed by atoms with van der Waals surface area (Å²) in [6.45, 7) is 4.22. The summed E-state index contributed by atoms with van der Waals surface area (Å²) in [4.78, 5) is 27.3. The van der Waals surface area contributed by atoms with E-state index in [-0.39, 0.29) is 18.2 Å². The van der Waals surface area contributed by atoms with E-state index in [9.17, 15) is 9.90 Å². The maximum absolute atomic E-state index is 12.4. The lowest BCUT2D eigenvalue weighted by Crippen LogP contribution is -2.35. The van der Waals surface area contributed by atoms with Gasteiger partial charge in [0.1, 0.15) is 17.1 Å². The number of amides is 1. The fourth-order valence-electron chi connectivity index (χ4n) is 3.82. The van der Waals surface area contributed by atoms with Crippen LogP contribution in [-0.4, -0.2) is 54.8 Å². The number of likely N-dealkylation sites (tertiary alicyclic amines) is 1. The highest BCUT2D eigenvalue weighted by Crippen LogP contribution is 2.34. The number of anilines is 1. The molecule has 11 nitrogen and oxygen atoms in total. The lowest BCUT2D eigenvalue weighted by molar-refractivity contribution is -0.144. The molecule has 34 heavy (non-hydrogen) atoms. The Kier molecular flexibility index (Phi) is 5.33. The first-order valence-corrected chi connectivity index (χ1v) is 10.8. The highest BCUT2D eigenvalue weighted by atomic mass is 16.5. The van der Waals surface area contributed by atoms with Crippen molar-refractivity contribution in [2.24, 2.45) is 0 Å². The number of aromatic nitrogens is 5. The van der Waals surface area contributed by atoms with Crippen LogP contribution in [0.5, 0.6) is 0 Å². The van der Waals surface area contributed by atoms with E-state index in [2.05, 4.69) is 30.6 Å². The average Bonchev–Trinajstić information content (AvgIpc) is 3.57. The first kappa shape index (κ1) is 21.7. The van der Waals surface area contributed by atoms with Crippen molar-refractivity contribution in [1.82, 2.24) is 30.2 Å². The second kappa shape index (κ2) is 8.34. The lowest BCUT2D eigenvalue weighted by Gasteiger charge is -2.16. The Hall–Kier alpha value is -4.12. The molecule has 11 heteroatoms. The van der Waals surface area contributed by atoms with E-state index in [1.54, 1.807) is 31.4 Å². The van der Waals surface area contributed by atoms with Crippen LogP contribution in [0.25, 0.3) is 22.8 Å². The molecule has 4 aromatic heterocycles. The second-order valence-electron chi connectivity index (χ2n) is 8.32. The number of hydrogen-bond donors (Lipinski definition) is 2. The van der Waals surface area contributed by atoms with Crippen molar-refractivity contribution in [3.8, 4) is 22.8 Å². The summed E-state index contributed by atoms with van der Waals surface area (Å²) >= 11 is 0. The van der Waals surface area contributed by atoms with E-state index in [4.69, 9.17) is 9.05 Å². The van der Waals surface area contributed by atoms with Crippen LogP contribution in [0, 0.1) is 6.92 Å². The number of likely N-dealkylation sites (N-methyl/N-ethyl adjacent to an activating group) is 1. The highest BCUT2D eigenvalue weighted by Gasteiger charge is 2.48. The average molecular weight is 461 g/mol. The zero-order valence-corrected chi connectivity index (χ0v) is 18.9. The largest absolute Gasteiger partial charge is 0.373 e. The number of hydrogen-bond acceptors (Lipinski definition) is 10. The monoisotopic (exact) mass is 461 g/mol. The molecule has 1 amide bonds. The van der Waals surface area contributed by atoms with Crippen molar-refractivity contribution in [1.29, 1.82) is 0 Å². The maximum atomic E-state index is 12.4. The van der Waals surface area contributed by atoms with Gasteiger partial charge in [0.05, 0.1) is 23.1 Å². The normalized spacial score (nSPS) is 18.9. The van der Waals surface area contributed by atoms with Gasteiger partial charge in [-0.1, -0.05) is 16.4 Å². The van der Waals surface area contributed by atoms with Crippen molar-refractivity contribution in [3.05, 3.63) is 59.8 Å². The lowest BCUT2D eigenvalue weighted by atomic mass is 9.98. The van der Waals surface area contributed by atoms with Crippen LogP contribution in [0.15, 0.2) is 51.6 Å². The van der Waals surface area contributed by atoms with Gasteiger partial charge < -0.3 is 24.4 Å². The summed E-state index contributed by atoms with van der Waals surface area (Å²) < 4.78 is 10.5. The highest BCUT2D eigenvalue weighted by molar-refractivity contribution is 5.87. The fourth-order valence-corrected chi connectivity index (χ4v) is 3.82. The SMILES string of the molecule is Cc1cc([C@@H](C)Nc2nccc(-c3cccc(-c4cc([C@]5(O)CCN(C)C5=O)on4)n3)n2)no1. The molecule has 0 aromatic carbocycles. The van der Waals surface area contributed by atoms with Crippen LogP contribution in [0.4, 0.5) is 5.95 Å². The predicted octanol–water partition coefficient (Wildman–Crippen LogP) is 2.71. The number of carbonyl (C=O) groups is 1. The van der Waals surface area contributed by atoms with Crippen molar-refractivity contribution >= 4 is 11.9 Å². The van der Waals surface area contributed by atoms with Crippen LogP contribution < -0.4 is 5.32 Å². The number of carbonyl (C=O) groups excluding carboxylic acids is 1. The Morgan fingerprint density at radius 3 is 2.56 bits per heavy atom. The molecular weight excluding hydrogens is 438 g/mol. The van der Waals surface area contributed by atoms with Gasteiger partial charge in [0, 0.05) is 38.3 Å². The molecule has 0 radical (unpaired) electrons. The van der Waals surface area contributed by atoms with E-state index < -0.39 is 11.5 Å². The molecule has 2 N–H and O–H groups in total. The van der Waals surface area contributed by atoms with Crippen molar-refractivity contribution in [2.45, 2.75) is 31.9 Å². The number of aryl methyl sites for hydroxylation is 1. The molecule has 2 atom stereocenters. The summed E-state index contributed by atoms with van der Waals surface area (Å²) in [6.07, 6.45) is 1.89. The van der Waals surface area contributed by atoms with E-state index in [0.717, 1.165) is 11.5 Å². The molecule has 4 aromatic rings. The third-order valence-corrected chi connectivity index (χ3v) is 5.79. The first-order chi connectivity index (χ1) is 16.3. The summed E-state index contributed by atoms with van der Waals surface area (Å²) in [5.41, 5.74) is 1.20. The smallest absolute Gasteiger partial charge is 0.262 e. The number of aliphatic hydroxyl groups is 1. The molecule has 1 saturated heterocycles. The van der Waals surface area contributed by atoms with Crippen LogP contribution >= 0.6 is 0 Å². The number of nitrogens with one attached hydrogen (secondary N) is 1. The van der Waals surface area contributed by atoms with Gasteiger partial charge in [-0.25, -0.2) is 15.0 Å². The van der Waals surface area contributed by atoms with Gasteiger partial charge >= 0.3 is 0 Å². The molecule has 5 heterocycles. The Labute approximate surface area is 194 Å². The molecule has 174 valence electrons. The third kappa shape index (κ3) is 3.90. The van der Waals surface area contributed by atoms with E-state index >= 15 is 0 Å². The van der Waals surface area contributed by atoms with Crippen LogP contribution in [0.3, 0.4) is 0 Å². The Bertz CT molecular complexity index is 1350. The summed E-state index contributed by atoms with van der Waals surface area (Å²) in [5.74, 6) is 0.849. The molecule has 0 bridgehead atoms.